The molecule has 0 bridgehead atoms. The Labute approximate surface area is 177 Å². The van der Waals surface area contributed by atoms with Gasteiger partial charge in [-0.3, -0.25) is 4.90 Å². The van der Waals surface area contributed by atoms with Crippen molar-refractivity contribution < 1.29 is 4.74 Å². The summed E-state index contributed by atoms with van der Waals surface area (Å²) in [6, 6.07) is 15.2. The van der Waals surface area contributed by atoms with E-state index in [1.807, 2.05) is 12.1 Å². The second kappa shape index (κ2) is 7.92. The number of benzene rings is 2. The predicted octanol–water partition coefficient (Wildman–Crippen LogP) is 5.29. The maximum atomic E-state index is 6.25. The third-order valence-corrected chi connectivity index (χ3v) is 7.01. The van der Waals surface area contributed by atoms with Crippen molar-refractivity contribution in [1.29, 1.82) is 0 Å². The molecule has 152 valence electrons. The number of nitrogens with one attached hydrogen (secondary N) is 1. The fourth-order valence-corrected chi connectivity index (χ4v) is 5.42. The minimum absolute atomic E-state index is 0.625. The van der Waals surface area contributed by atoms with E-state index in [4.69, 9.17) is 16.3 Å². The van der Waals surface area contributed by atoms with Gasteiger partial charge in [0.25, 0.3) is 0 Å². The van der Waals surface area contributed by atoms with Gasteiger partial charge in [0.05, 0.1) is 12.8 Å². The Morgan fingerprint density at radius 3 is 2.69 bits per heavy atom. The highest BCUT2D eigenvalue weighted by molar-refractivity contribution is 6.31. The van der Waals surface area contributed by atoms with Gasteiger partial charge in [-0.15, -0.1) is 0 Å². The number of piperazine rings is 1. The summed E-state index contributed by atoms with van der Waals surface area (Å²) in [6.07, 6.45) is 5.99. The molecule has 4 nitrogen and oxygen atoms in total. The summed E-state index contributed by atoms with van der Waals surface area (Å²) in [4.78, 5) is 8.59. The molecule has 1 aliphatic carbocycles. The number of ether oxygens (including phenoxy) is 1. The van der Waals surface area contributed by atoms with Gasteiger partial charge in [0, 0.05) is 54.3 Å². The Morgan fingerprint density at radius 2 is 1.86 bits per heavy atom. The minimum atomic E-state index is 0.625. The van der Waals surface area contributed by atoms with Crippen molar-refractivity contribution in [3.63, 3.8) is 0 Å². The average molecular weight is 410 g/mol. The summed E-state index contributed by atoms with van der Waals surface area (Å²) in [5.41, 5.74) is 3.85. The van der Waals surface area contributed by atoms with Crippen molar-refractivity contribution in [2.75, 3.05) is 38.2 Å². The Hall–Kier alpha value is -2.17. The van der Waals surface area contributed by atoms with Crippen LogP contribution in [0.2, 0.25) is 5.02 Å². The fourth-order valence-electron chi connectivity index (χ4n) is 5.24. The van der Waals surface area contributed by atoms with Gasteiger partial charge in [-0.1, -0.05) is 23.7 Å². The van der Waals surface area contributed by atoms with Crippen LogP contribution in [0.5, 0.6) is 5.75 Å². The zero-order valence-corrected chi connectivity index (χ0v) is 17.7. The number of hydrogen-bond acceptors (Lipinski definition) is 3. The van der Waals surface area contributed by atoms with Crippen molar-refractivity contribution in [3.05, 3.63) is 59.2 Å². The highest BCUT2D eigenvalue weighted by Crippen LogP contribution is 2.41. The third-order valence-electron chi connectivity index (χ3n) is 6.78. The summed E-state index contributed by atoms with van der Waals surface area (Å²) in [7, 11) is 1.76. The van der Waals surface area contributed by atoms with Crippen LogP contribution in [0.4, 0.5) is 5.69 Å². The second-order valence-corrected chi connectivity index (χ2v) is 8.73. The highest BCUT2D eigenvalue weighted by atomic mass is 35.5. The molecule has 1 aliphatic heterocycles. The summed E-state index contributed by atoms with van der Waals surface area (Å²) >= 11 is 6.25. The van der Waals surface area contributed by atoms with Crippen LogP contribution in [-0.2, 0) is 0 Å². The molecule has 1 aromatic heterocycles. The van der Waals surface area contributed by atoms with Crippen LogP contribution in [-0.4, -0.2) is 49.2 Å². The largest absolute Gasteiger partial charge is 0.495 e. The van der Waals surface area contributed by atoms with Crippen LogP contribution in [0, 0.1) is 0 Å². The van der Waals surface area contributed by atoms with Crippen LogP contribution in [0.15, 0.2) is 48.7 Å². The molecule has 1 N–H and O–H groups in total. The first-order valence-electron chi connectivity index (χ1n) is 10.6. The number of aromatic nitrogens is 1. The zero-order valence-electron chi connectivity index (χ0n) is 16.9. The van der Waals surface area contributed by atoms with Crippen molar-refractivity contribution in [2.24, 2.45) is 0 Å². The molecule has 5 heteroatoms. The normalized spacial score (nSPS) is 23.0. The molecule has 5 rings (SSSR count). The van der Waals surface area contributed by atoms with Crippen molar-refractivity contribution >= 4 is 28.2 Å². The molecular formula is C24H28ClN3O. The molecule has 0 amide bonds. The molecule has 1 saturated heterocycles. The van der Waals surface area contributed by atoms with Gasteiger partial charge in [-0.25, -0.2) is 0 Å². The lowest BCUT2D eigenvalue weighted by Crippen LogP contribution is -2.49. The Morgan fingerprint density at radius 1 is 1.03 bits per heavy atom. The number of anilines is 1. The van der Waals surface area contributed by atoms with Crippen LogP contribution >= 0.6 is 11.6 Å². The quantitative estimate of drug-likeness (QED) is 0.635. The Bertz CT molecular complexity index is 993. The average Bonchev–Trinajstić information content (AvgIpc) is 3.40. The molecule has 2 aromatic carbocycles. The number of fused-ring (bicyclic) bond motifs is 1. The zero-order chi connectivity index (χ0) is 19.8. The van der Waals surface area contributed by atoms with Crippen LogP contribution in [0.25, 0.3) is 10.9 Å². The molecular weight excluding hydrogens is 382 g/mol. The number of para-hydroxylation sites is 2. The van der Waals surface area contributed by atoms with E-state index in [2.05, 4.69) is 51.3 Å². The highest BCUT2D eigenvalue weighted by Gasteiger charge is 2.33. The molecule has 2 atom stereocenters. The van der Waals surface area contributed by atoms with E-state index in [-0.39, 0.29) is 0 Å². The first-order chi connectivity index (χ1) is 14.2. The summed E-state index contributed by atoms with van der Waals surface area (Å²) in [6.45, 7) is 4.36. The molecule has 2 fully saturated rings. The number of nitrogens with zero attached hydrogens (tertiary/aromatic N) is 2. The Balaban J connectivity index is 1.24. The number of aromatic amines is 1. The van der Waals surface area contributed by atoms with Crippen LogP contribution < -0.4 is 9.64 Å². The van der Waals surface area contributed by atoms with E-state index < -0.39 is 0 Å². The van der Waals surface area contributed by atoms with Crippen LogP contribution in [0.1, 0.15) is 30.7 Å². The van der Waals surface area contributed by atoms with Crippen molar-refractivity contribution in [3.8, 4) is 5.75 Å². The molecule has 0 spiro atoms. The monoisotopic (exact) mass is 409 g/mol. The summed E-state index contributed by atoms with van der Waals surface area (Å²) < 4.78 is 5.56. The smallest absolute Gasteiger partial charge is 0.142 e. The lowest BCUT2D eigenvalue weighted by atomic mass is 9.96. The number of methoxy groups -OCH3 is 1. The van der Waals surface area contributed by atoms with E-state index in [1.165, 1.54) is 41.4 Å². The molecule has 0 radical (unpaired) electrons. The van der Waals surface area contributed by atoms with Gasteiger partial charge >= 0.3 is 0 Å². The first-order valence-corrected chi connectivity index (χ1v) is 11.0. The van der Waals surface area contributed by atoms with E-state index in [9.17, 15) is 0 Å². The number of rotatable bonds is 4. The van der Waals surface area contributed by atoms with Gasteiger partial charge in [0.1, 0.15) is 5.75 Å². The molecule has 29 heavy (non-hydrogen) atoms. The van der Waals surface area contributed by atoms with Gasteiger partial charge in [0.2, 0.25) is 0 Å². The first kappa shape index (κ1) is 18.8. The van der Waals surface area contributed by atoms with Gasteiger partial charge in [-0.2, -0.15) is 0 Å². The second-order valence-electron chi connectivity index (χ2n) is 8.29. The molecule has 2 heterocycles. The maximum absolute atomic E-state index is 6.25. The number of H-pyrrole nitrogens is 1. The van der Waals surface area contributed by atoms with Crippen molar-refractivity contribution in [2.45, 2.75) is 31.2 Å². The SMILES string of the molecule is COc1ccccc1N1CCN(C2CCC(c3c[nH]c4ccc(Cl)cc34)C2)CC1. The van der Waals surface area contributed by atoms with Gasteiger partial charge in [0.15, 0.2) is 0 Å². The maximum Gasteiger partial charge on any atom is 0.142 e. The number of halogens is 1. The Kier molecular flexibility index (Phi) is 5.15. The number of hydrogen-bond donors (Lipinski definition) is 1. The minimum Gasteiger partial charge on any atom is -0.495 e. The van der Waals surface area contributed by atoms with Crippen molar-refractivity contribution in [1.82, 2.24) is 9.88 Å². The molecule has 3 aromatic rings. The van der Waals surface area contributed by atoms with Crippen LogP contribution in [0.3, 0.4) is 0 Å². The van der Waals surface area contributed by atoms with E-state index >= 15 is 0 Å². The topological polar surface area (TPSA) is 31.5 Å². The lowest BCUT2D eigenvalue weighted by molar-refractivity contribution is 0.186. The third kappa shape index (κ3) is 3.60. The van der Waals surface area contributed by atoms with E-state index in [1.54, 1.807) is 7.11 Å². The molecule has 2 aliphatic rings. The summed E-state index contributed by atoms with van der Waals surface area (Å²) in [5.74, 6) is 1.60. The van der Waals surface area contributed by atoms with E-state index in [0.717, 1.165) is 37.0 Å². The lowest BCUT2D eigenvalue weighted by Gasteiger charge is -2.39. The van der Waals surface area contributed by atoms with Gasteiger partial charge < -0.3 is 14.6 Å². The van der Waals surface area contributed by atoms with Gasteiger partial charge in [-0.05, 0) is 61.1 Å². The molecule has 1 saturated carbocycles. The summed E-state index contributed by atoms with van der Waals surface area (Å²) in [5, 5.41) is 2.12. The standard InChI is InChI=1S/C24H28ClN3O/c1-29-24-5-3-2-4-23(24)28-12-10-27(11-13-28)19-8-6-17(14-19)21-16-26-22-9-7-18(25)15-20(21)22/h2-5,7,9,15-17,19,26H,6,8,10-14H2,1H3. The molecule has 2 unspecified atom stereocenters. The van der Waals surface area contributed by atoms with E-state index in [0.29, 0.717) is 12.0 Å². The fraction of sp³-hybridized carbons (Fsp3) is 0.417. The predicted molar refractivity (Wildman–Crippen MR) is 120 cm³/mol.